The lowest BCUT2D eigenvalue weighted by Gasteiger charge is -2.23. The van der Waals surface area contributed by atoms with E-state index in [2.05, 4.69) is 38.3 Å². The van der Waals surface area contributed by atoms with Gasteiger partial charge in [-0.25, -0.2) is 14.4 Å². The number of ether oxygens (including phenoxy) is 2. The Morgan fingerprint density at radius 2 is 1.04 bits per heavy atom. The SMILES string of the molecule is CC(C)(C)OC(=O)N[C@@H](CCc1ccccc1)C(=O)O.CC(C)CCCC(=O)[C@H](CCc1ccccc1)NC(=O)OC(C)(C)C.CC(C)CCN. The molecule has 2 aromatic carbocycles. The van der Waals surface area contributed by atoms with Crippen LogP contribution in [-0.2, 0) is 31.9 Å². The fourth-order valence-corrected chi connectivity index (χ4v) is 4.57. The molecule has 0 aromatic heterocycles. The summed E-state index contributed by atoms with van der Waals surface area (Å²) >= 11 is 0. The third-order valence-corrected chi connectivity index (χ3v) is 7.15. The summed E-state index contributed by atoms with van der Waals surface area (Å²) in [6.45, 7) is 20.1. The summed E-state index contributed by atoms with van der Waals surface area (Å²) in [6.07, 6.45) is 4.51. The second kappa shape index (κ2) is 25.1. The lowest BCUT2D eigenvalue weighted by atomic mass is 9.97. The van der Waals surface area contributed by atoms with Crippen LogP contribution in [0.4, 0.5) is 9.59 Å². The number of rotatable bonds is 16. The number of carbonyl (C=O) groups is 4. The Bertz CT molecular complexity index is 1250. The zero-order chi connectivity index (χ0) is 39.0. The molecule has 0 radical (unpaired) electrons. The van der Waals surface area contributed by atoms with Crippen molar-refractivity contribution in [1.29, 1.82) is 0 Å². The normalized spacial score (nSPS) is 12.3. The predicted octanol–water partition coefficient (Wildman–Crippen LogP) is 8.50. The molecule has 51 heavy (non-hydrogen) atoms. The smallest absolute Gasteiger partial charge is 0.408 e. The molecular formula is C41H67N3O7. The molecule has 0 saturated heterocycles. The minimum absolute atomic E-state index is 0.0856. The minimum Gasteiger partial charge on any atom is -0.480 e. The van der Waals surface area contributed by atoms with Gasteiger partial charge in [0.1, 0.15) is 17.2 Å². The Balaban J connectivity index is 0.000000859. The summed E-state index contributed by atoms with van der Waals surface area (Å²) in [5.41, 5.74) is 6.20. The highest BCUT2D eigenvalue weighted by molar-refractivity contribution is 5.87. The van der Waals surface area contributed by atoms with Gasteiger partial charge in [-0.2, -0.15) is 0 Å². The molecular weight excluding hydrogens is 646 g/mol. The fraction of sp³-hybridized carbons (Fsp3) is 0.610. The number of nitrogens with two attached hydrogens (primary N) is 1. The molecule has 10 nitrogen and oxygen atoms in total. The van der Waals surface area contributed by atoms with Crippen molar-refractivity contribution >= 4 is 23.9 Å². The second-order valence-corrected chi connectivity index (χ2v) is 15.5. The van der Waals surface area contributed by atoms with Crippen LogP contribution in [0.15, 0.2) is 60.7 Å². The van der Waals surface area contributed by atoms with Gasteiger partial charge < -0.3 is 30.9 Å². The van der Waals surface area contributed by atoms with Gasteiger partial charge >= 0.3 is 18.2 Å². The average molecular weight is 714 g/mol. The highest BCUT2D eigenvalue weighted by Crippen LogP contribution is 2.14. The third-order valence-electron chi connectivity index (χ3n) is 7.15. The van der Waals surface area contributed by atoms with Crippen molar-refractivity contribution < 1.29 is 33.8 Å². The van der Waals surface area contributed by atoms with E-state index >= 15 is 0 Å². The topological polar surface area (TPSA) is 157 Å². The predicted molar refractivity (Wildman–Crippen MR) is 206 cm³/mol. The number of hydrogen-bond acceptors (Lipinski definition) is 7. The summed E-state index contributed by atoms with van der Waals surface area (Å²) in [5.74, 6) is 0.374. The number of carbonyl (C=O) groups excluding carboxylic acids is 3. The first kappa shape index (κ1) is 47.1. The quantitative estimate of drug-likeness (QED) is 0.135. The molecule has 0 aliphatic heterocycles. The van der Waals surface area contributed by atoms with Gasteiger partial charge in [-0.15, -0.1) is 0 Å². The van der Waals surface area contributed by atoms with Gasteiger partial charge in [0.05, 0.1) is 6.04 Å². The molecule has 288 valence electrons. The monoisotopic (exact) mass is 713 g/mol. The van der Waals surface area contributed by atoms with Crippen LogP contribution >= 0.6 is 0 Å². The largest absolute Gasteiger partial charge is 0.480 e. The lowest BCUT2D eigenvalue weighted by molar-refractivity contribution is -0.139. The number of carboxylic acids is 1. The van der Waals surface area contributed by atoms with Gasteiger partial charge in [0, 0.05) is 6.42 Å². The summed E-state index contributed by atoms with van der Waals surface area (Å²) in [4.78, 5) is 47.4. The number of benzene rings is 2. The highest BCUT2D eigenvalue weighted by atomic mass is 16.6. The summed E-state index contributed by atoms with van der Waals surface area (Å²) in [7, 11) is 0. The molecule has 0 spiro atoms. The molecule has 0 bridgehead atoms. The molecule has 5 N–H and O–H groups in total. The fourth-order valence-electron chi connectivity index (χ4n) is 4.57. The number of aryl methyl sites for hydroxylation is 2. The molecule has 2 rings (SSSR count). The number of carboxylic acid groups (broad SMARTS) is 1. The Labute approximate surface area is 307 Å². The van der Waals surface area contributed by atoms with Crippen LogP contribution in [0.3, 0.4) is 0 Å². The van der Waals surface area contributed by atoms with E-state index in [0.29, 0.717) is 31.6 Å². The lowest BCUT2D eigenvalue weighted by Crippen LogP contribution is -2.43. The zero-order valence-electron chi connectivity index (χ0n) is 32.9. The third kappa shape index (κ3) is 27.5. The summed E-state index contributed by atoms with van der Waals surface area (Å²) in [6, 6.07) is 18.1. The maximum Gasteiger partial charge on any atom is 0.408 e. The first-order valence-corrected chi connectivity index (χ1v) is 18.2. The van der Waals surface area contributed by atoms with Crippen molar-refractivity contribution in [2.45, 2.75) is 144 Å². The van der Waals surface area contributed by atoms with Crippen LogP contribution < -0.4 is 16.4 Å². The van der Waals surface area contributed by atoms with Crippen molar-refractivity contribution in [1.82, 2.24) is 10.6 Å². The van der Waals surface area contributed by atoms with E-state index in [9.17, 15) is 19.2 Å². The van der Waals surface area contributed by atoms with Gasteiger partial charge in [0.15, 0.2) is 5.78 Å². The number of aliphatic carboxylic acids is 1. The molecule has 0 aliphatic carbocycles. The highest BCUT2D eigenvalue weighted by Gasteiger charge is 2.25. The Morgan fingerprint density at radius 1 is 0.647 bits per heavy atom. The molecule has 0 saturated carbocycles. The first-order chi connectivity index (χ1) is 23.7. The summed E-state index contributed by atoms with van der Waals surface area (Å²) in [5, 5.41) is 14.3. The van der Waals surface area contributed by atoms with Gasteiger partial charge in [-0.05, 0) is 110 Å². The van der Waals surface area contributed by atoms with Crippen molar-refractivity contribution in [3.63, 3.8) is 0 Å². The molecule has 0 fully saturated rings. The molecule has 0 unspecified atom stereocenters. The second-order valence-electron chi connectivity index (χ2n) is 15.5. The number of alkyl carbamates (subject to hydrolysis) is 2. The van der Waals surface area contributed by atoms with Crippen molar-refractivity contribution in [3.05, 3.63) is 71.8 Å². The zero-order valence-corrected chi connectivity index (χ0v) is 32.9. The van der Waals surface area contributed by atoms with Crippen LogP contribution in [0.25, 0.3) is 0 Å². The maximum absolute atomic E-state index is 12.6. The Kier molecular flexibility index (Phi) is 23.2. The van der Waals surface area contributed by atoms with Gasteiger partial charge in [0.25, 0.3) is 0 Å². The molecule has 0 aliphatic rings. The minimum atomic E-state index is -1.06. The van der Waals surface area contributed by atoms with Gasteiger partial charge in [-0.1, -0.05) is 94.8 Å². The van der Waals surface area contributed by atoms with E-state index in [-0.39, 0.29) is 5.78 Å². The van der Waals surface area contributed by atoms with Gasteiger partial charge in [-0.3, -0.25) is 4.79 Å². The maximum atomic E-state index is 12.6. The van der Waals surface area contributed by atoms with E-state index < -0.39 is 41.4 Å². The standard InChI is InChI=1S/C21H33NO3.C15H21NO4.C5H13N/c1-16(2)10-9-13-19(23)18(22-20(24)25-21(3,4)5)15-14-17-11-7-6-8-12-17;1-15(2,3)20-14(19)16-12(13(17)18)10-9-11-7-5-4-6-8-11;1-5(2)3-4-6/h6-8,11-12,16,18H,9-10,13-15H2,1-5H3,(H,22,24);4-8,12H,9-10H2,1-3H3,(H,16,19)(H,17,18);5H,3-4,6H2,1-2H3/t18-;12-;/m00./s1. The van der Waals surface area contributed by atoms with E-state index in [1.54, 1.807) is 20.8 Å². The number of ketones is 1. The first-order valence-electron chi connectivity index (χ1n) is 18.2. The molecule has 2 amide bonds. The van der Waals surface area contributed by atoms with Crippen LogP contribution in [0.1, 0.15) is 119 Å². The average Bonchev–Trinajstić information content (AvgIpc) is 3.00. The molecule has 0 heterocycles. The summed E-state index contributed by atoms with van der Waals surface area (Å²) < 4.78 is 10.4. The van der Waals surface area contributed by atoms with E-state index in [1.165, 1.54) is 0 Å². The van der Waals surface area contributed by atoms with Gasteiger partial charge in [0.2, 0.25) is 0 Å². The van der Waals surface area contributed by atoms with Crippen LogP contribution in [0.2, 0.25) is 0 Å². The van der Waals surface area contributed by atoms with E-state index in [1.807, 2.05) is 81.4 Å². The van der Waals surface area contributed by atoms with Crippen molar-refractivity contribution in [2.75, 3.05) is 6.54 Å². The molecule has 2 aromatic rings. The Hall–Kier alpha value is -3.92. The van der Waals surface area contributed by atoms with Crippen molar-refractivity contribution in [3.8, 4) is 0 Å². The number of nitrogens with one attached hydrogen (secondary N) is 2. The molecule has 10 heteroatoms. The van der Waals surface area contributed by atoms with Crippen LogP contribution in [-0.4, -0.2) is 58.9 Å². The van der Waals surface area contributed by atoms with Crippen LogP contribution in [0.5, 0.6) is 0 Å². The van der Waals surface area contributed by atoms with Crippen molar-refractivity contribution in [2.24, 2.45) is 17.6 Å². The number of Topliss-reactive ketones (excluding diaryl/α,β-unsaturated/α-hetero) is 1. The molecule has 2 atom stereocenters. The van der Waals surface area contributed by atoms with E-state index in [4.69, 9.17) is 20.3 Å². The number of amides is 2. The Morgan fingerprint density at radius 3 is 1.37 bits per heavy atom. The van der Waals surface area contributed by atoms with Crippen LogP contribution in [0, 0.1) is 11.8 Å². The number of hydrogen-bond donors (Lipinski definition) is 4. The van der Waals surface area contributed by atoms with E-state index in [0.717, 1.165) is 49.3 Å².